The molecular formula is C31H60N4O4. The van der Waals surface area contributed by atoms with Gasteiger partial charge in [-0.25, -0.2) is 0 Å². The number of rotatable bonds is 27. The van der Waals surface area contributed by atoms with Gasteiger partial charge in [0.05, 0.1) is 6.04 Å². The molecule has 0 aromatic rings. The van der Waals surface area contributed by atoms with Crippen LogP contribution >= 0.6 is 0 Å². The maximum atomic E-state index is 13.1. The quantitative estimate of drug-likeness (QED) is 0.103. The van der Waals surface area contributed by atoms with Crippen LogP contribution in [0.15, 0.2) is 0 Å². The van der Waals surface area contributed by atoms with Crippen LogP contribution in [0.5, 0.6) is 0 Å². The summed E-state index contributed by atoms with van der Waals surface area (Å²) >= 11 is 0. The first kappa shape index (κ1) is 37.0. The Hall–Kier alpha value is -1.96. The minimum atomic E-state index is -0.675. The highest BCUT2D eigenvalue weighted by Crippen LogP contribution is 2.08. The molecule has 0 saturated heterocycles. The second kappa shape index (κ2) is 26.3. The van der Waals surface area contributed by atoms with Gasteiger partial charge in [0, 0.05) is 19.4 Å². The first-order chi connectivity index (χ1) is 18.8. The molecular weight excluding hydrogens is 492 g/mol. The molecule has 2 unspecified atom stereocenters. The van der Waals surface area contributed by atoms with E-state index in [1.54, 1.807) is 0 Å². The Kier molecular flexibility index (Phi) is 25.0. The number of hydrogen-bond acceptors (Lipinski definition) is 5. The van der Waals surface area contributed by atoms with Gasteiger partial charge in [0.2, 0.25) is 17.7 Å². The van der Waals surface area contributed by atoms with E-state index in [1.807, 2.05) is 0 Å². The lowest BCUT2D eigenvalue weighted by Gasteiger charge is -2.22. The van der Waals surface area contributed by atoms with Gasteiger partial charge < -0.3 is 21.3 Å². The van der Waals surface area contributed by atoms with E-state index in [0.29, 0.717) is 38.6 Å². The smallest absolute Gasteiger partial charge is 0.243 e. The van der Waals surface area contributed by atoms with Crippen LogP contribution in [0, 0.1) is 0 Å². The monoisotopic (exact) mass is 552 g/mol. The zero-order valence-corrected chi connectivity index (χ0v) is 25.6. The predicted octanol–water partition coefficient (Wildman–Crippen LogP) is 5.33. The second-order valence-corrected chi connectivity index (χ2v) is 10.9. The molecule has 3 amide bonds. The van der Waals surface area contributed by atoms with Gasteiger partial charge in [-0.3, -0.25) is 19.2 Å². The number of carbonyl (C=O) groups is 4. The lowest BCUT2D eigenvalue weighted by molar-refractivity contribution is -0.131. The third-order valence-electron chi connectivity index (χ3n) is 7.02. The number of amides is 3. The van der Waals surface area contributed by atoms with Crippen LogP contribution in [-0.2, 0) is 19.2 Å². The third kappa shape index (κ3) is 22.5. The highest BCUT2D eigenvalue weighted by Gasteiger charge is 2.24. The largest absolute Gasteiger partial charge is 0.356 e. The van der Waals surface area contributed by atoms with Crippen LogP contribution in [0.25, 0.3) is 0 Å². The van der Waals surface area contributed by atoms with Crippen molar-refractivity contribution in [3.8, 4) is 0 Å². The second-order valence-electron chi connectivity index (χ2n) is 10.9. The first-order valence-corrected chi connectivity index (χ1v) is 15.9. The number of nitrogens with one attached hydrogen (secondary N) is 4. The Morgan fingerprint density at radius 3 is 1.64 bits per heavy atom. The van der Waals surface area contributed by atoms with Crippen molar-refractivity contribution in [3.05, 3.63) is 0 Å². The molecule has 0 spiro atoms. The molecule has 0 aromatic heterocycles. The highest BCUT2D eigenvalue weighted by atomic mass is 16.2. The summed E-state index contributed by atoms with van der Waals surface area (Å²) in [5, 5.41) is 12.2. The average molecular weight is 553 g/mol. The average Bonchev–Trinajstić information content (AvgIpc) is 2.90. The van der Waals surface area contributed by atoms with Gasteiger partial charge in [-0.15, -0.1) is 0 Å². The Balaban J connectivity index is 4.66. The summed E-state index contributed by atoms with van der Waals surface area (Å²) in [4.78, 5) is 49.8. The minimum Gasteiger partial charge on any atom is -0.356 e. The van der Waals surface area contributed by atoms with Crippen molar-refractivity contribution in [2.45, 2.75) is 155 Å². The fourth-order valence-corrected chi connectivity index (χ4v) is 4.45. The molecule has 0 aromatic carbocycles. The summed E-state index contributed by atoms with van der Waals surface area (Å²) < 4.78 is 0. The van der Waals surface area contributed by atoms with Gasteiger partial charge in [0.1, 0.15) is 6.04 Å². The lowest BCUT2D eigenvalue weighted by Crippen LogP contribution is -2.51. The van der Waals surface area contributed by atoms with Gasteiger partial charge in [0.25, 0.3) is 0 Å². The summed E-state index contributed by atoms with van der Waals surface area (Å²) in [5.41, 5.74) is 0. The minimum absolute atomic E-state index is 0.0605. The van der Waals surface area contributed by atoms with Crippen molar-refractivity contribution >= 4 is 23.5 Å². The molecule has 0 radical (unpaired) electrons. The SMILES string of the molecule is CCCCCCNCCCCC(NC(=O)C(CCCCNC(=O)CCCCC)NC(=O)CCCCC)C(C)=O. The molecule has 228 valence electrons. The van der Waals surface area contributed by atoms with E-state index in [-0.39, 0.29) is 23.5 Å². The molecule has 0 rings (SSSR count). The molecule has 0 aliphatic carbocycles. The van der Waals surface area contributed by atoms with E-state index in [2.05, 4.69) is 42.0 Å². The fraction of sp³-hybridized carbons (Fsp3) is 0.871. The van der Waals surface area contributed by atoms with E-state index < -0.39 is 12.1 Å². The molecule has 0 fully saturated rings. The van der Waals surface area contributed by atoms with Crippen molar-refractivity contribution in [1.82, 2.24) is 21.3 Å². The van der Waals surface area contributed by atoms with Gasteiger partial charge in [-0.05, 0) is 77.8 Å². The molecule has 8 nitrogen and oxygen atoms in total. The molecule has 0 aliphatic heterocycles. The Labute approximate surface area is 239 Å². The molecule has 39 heavy (non-hydrogen) atoms. The van der Waals surface area contributed by atoms with Gasteiger partial charge >= 0.3 is 0 Å². The Bertz CT molecular complexity index is 657. The molecule has 0 bridgehead atoms. The molecule has 0 heterocycles. The van der Waals surface area contributed by atoms with E-state index in [1.165, 1.54) is 32.6 Å². The highest BCUT2D eigenvalue weighted by molar-refractivity contribution is 5.92. The Morgan fingerprint density at radius 2 is 1.05 bits per heavy atom. The number of carbonyl (C=O) groups excluding carboxylic acids is 4. The van der Waals surface area contributed by atoms with Crippen molar-refractivity contribution in [2.24, 2.45) is 0 Å². The van der Waals surface area contributed by atoms with Gasteiger partial charge in [0.15, 0.2) is 5.78 Å². The maximum Gasteiger partial charge on any atom is 0.243 e. The topological polar surface area (TPSA) is 116 Å². The van der Waals surface area contributed by atoms with E-state index in [0.717, 1.165) is 70.9 Å². The van der Waals surface area contributed by atoms with Crippen LogP contribution in [-0.4, -0.2) is 55.2 Å². The van der Waals surface area contributed by atoms with Gasteiger partial charge in [-0.2, -0.15) is 0 Å². The van der Waals surface area contributed by atoms with Crippen LogP contribution in [0.1, 0.15) is 143 Å². The standard InChI is InChI=1S/C31H60N4O4/c1-5-8-11-16-23-32-24-17-14-19-27(26(4)36)35-31(39)28(34-30(38)22-13-10-7-3)20-15-18-25-33-29(37)21-12-9-6-2/h27-28,32H,5-25H2,1-4H3,(H,33,37)(H,34,38)(H,35,39). The van der Waals surface area contributed by atoms with Crippen molar-refractivity contribution < 1.29 is 19.2 Å². The Morgan fingerprint density at radius 1 is 0.538 bits per heavy atom. The number of hydrogen-bond donors (Lipinski definition) is 4. The summed E-state index contributed by atoms with van der Waals surface area (Å²) in [6.45, 7) is 10.4. The van der Waals surface area contributed by atoms with Crippen LogP contribution < -0.4 is 21.3 Å². The zero-order valence-electron chi connectivity index (χ0n) is 25.6. The summed E-state index contributed by atoms with van der Waals surface area (Å²) in [7, 11) is 0. The number of Topliss-reactive ketones (excluding diaryl/α,β-unsaturated/α-hetero) is 1. The lowest BCUT2D eigenvalue weighted by atomic mass is 10.0. The van der Waals surface area contributed by atoms with Crippen molar-refractivity contribution in [1.29, 1.82) is 0 Å². The molecule has 8 heteroatoms. The van der Waals surface area contributed by atoms with E-state index >= 15 is 0 Å². The molecule has 4 N–H and O–H groups in total. The first-order valence-electron chi connectivity index (χ1n) is 15.9. The maximum absolute atomic E-state index is 13.1. The zero-order chi connectivity index (χ0) is 29.1. The summed E-state index contributed by atoms with van der Waals surface area (Å²) in [6.07, 6.45) is 16.0. The van der Waals surface area contributed by atoms with Crippen molar-refractivity contribution in [2.75, 3.05) is 19.6 Å². The number of unbranched alkanes of at least 4 members (excludes halogenated alkanes) is 9. The van der Waals surface area contributed by atoms with E-state index in [4.69, 9.17) is 0 Å². The van der Waals surface area contributed by atoms with Crippen LogP contribution in [0.3, 0.4) is 0 Å². The normalized spacial score (nSPS) is 12.5. The van der Waals surface area contributed by atoms with Crippen LogP contribution in [0.4, 0.5) is 0 Å². The molecule has 2 atom stereocenters. The molecule has 0 aliphatic rings. The molecule has 0 saturated carbocycles. The summed E-state index contributed by atoms with van der Waals surface area (Å²) in [5.74, 6) is -0.415. The van der Waals surface area contributed by atoms with Crippen molar-refractivity contribution in [3.63, 3.8) is 0 Å². The van der Waals surface area contributed by atoms with Crippen LogP contribution in [0.2, 0.25) is 0 Å². The summed E-state index contributed by atoms with van der Waals surface area (Å²) in [6, 6.07) is -1.21. The fourth-order valence-electron chi connectivity index (χ4n) is 4.45. The third-order valence-corrected chi connectivity index (χ3v) is 7.02. The van der Waals surface area contributed by atoms with Gasteiger partial charge in [-0.1, -0.05) is 65.7 Å². The predicted molar refractivity (Wildman–Crippen MR) is 161 cm³/mol. The van der Waals surface area contributed by atoms with E-state index in [9.17, 15) is 19.2 Å². The number of ketones is 1.